The summed E-state index contributed by atoms with van der Waals surface area (Å²) in [6.45, 7) is 0. The molecule has 0 aromatic heterocycles. The molecule has 2 amide bonds. The van der Waals surface area contributed by atoms with Crippen molar-refractivity contribution in [2.24, 2.45) is 5.10 Å². The van der Waals surface area contributed by atoms with Gasteiger partial charge in [-0.05, 0) is 64.6 Å². The number of hydrogen-bond donors (Lipinski definition) is 2. The number of rotatable bonds is 6. The van der Waals surface area contributed by atoms with E-state index in [1.54, 1.807) is 24.3 Å². The maximum atomic E-state index is 12.7. The number of nitrogens with one attached hydrogen (secondary N) is 2. The maximum absolute atomic E-state index is 12.7. The molecule has 7 heteroatoms. The third-order valence-electron chi connectivity index (χ3n) is 2.98. The summed E-state index contributed by atoms with van der Waals surface area (Å²) in [7, 11) is 0. The van der Waals surface area contributed by atoms with Gasteiger partial charge in [0.05, 0.1) is 6.21 Å². The molecule has 0 spiro atoms. The van der Waals surface area contributed by atoms with Crippen LogP contribution >= 0.6 is 22.6 Å². The highest BCUT2D eigenvalue weighted by Gasteiger charge is 2.06. The van der Waals surface area contributed by atoms with E-state index in [4.69, 9.17) is 0 Å². The zero-order valence-electron chi connectivity index (χ0n) is 12.6. The lowest BCUT2D eigenvalue weighted by Crippen LogP contribution is -2.20. The molecular formula is C17H15FIN3O2. The monoisotopic (exact) mass is 439 g/mol. The molecule has 0 aliphatic heterocycles. The van der Waals surface area contributed by atoms with Gasteiger partial charge in [0.15, 0.2) is 0 Å². The van der Waals surface area contributed by atoms with E-state index in [1.165, 1.54) is 18.3 Å². The molecule has 2 N–H and O–H groups in total. The molecule has 2 rings (SSSR count). The van der Waals surface area contributed by atoms with Crippen molar-refractivity contribution < 1.29 is 14.0 Å². The molecule has 0 atom stereocenters. The van der Waals surface area contributed by atoms with Crippen molar-refractivity contribution >= 4 is 46.3 Å². The van der Waals surface area contributed by atoms with E-state index in [9.17, 15) is 14.0 Å². The van der Waals surface area contributed by atoms with Crippen molar-refractivity contribution in [3.8, 4) is 0 Å². The molecule has 2 aromatic carbocycles. The van der Waals surface area contributed by atoms with Gasteiger partial charge in [-0.3, -0.25) is 9.59 Å². The summed E-state index contributed by atoms with van der Waals surface area (Å²) < 4.78 is 13.8. The molecular weight excluding hydrogens is 424 g/mol. The summed E-state index contributed by atoms with van der Waals surface area (Å²) in [5, 5.41) is 6.48. The number of benzene rings is 2. The first-order chi connectivity index (χ1) is 11.5. The van der Waals surface area contributed by atoms with Crippen molar-refractivity contribution in [3.05, 3.63) is 63.5 Å². The predicted molar refractivity (Wildman–Crippen MR) is 99.2 cm³/mol. The lowest BCUT2D eigenvalue weighted by atomic mass is 10.2. The van der Waals surface area contributed by atoms with E-state index in [-0.39, 0.29) is 30.5 Å². The number of hydrogen-bond acceptors (Lipinski definition) is 3. The highest BCUT2D eigenvalue weighted by atomic mass is 127. The molecule has 24 heavy (non-hydrogen) atoms. The van der Waals surface area contributed by atoms with Crippen LogP contribution in [0.3, 0.4) is 0 Å². The van der Waals surface area contributed by atoms with E-state index in [1.807, 2.05) is 12.1 Å². The smallest absolute Gasteiger partial charge is 0.240 e. The highest BCUT2D eigenvalue weighted by molar-refractivity contribution is 14.1. The van der Waals surface area contributed by atoms with E-state index >= 15 is 0 Å². The molecule has 0 bridgehead atoms. The maximum Gasteiger partial charge on any atom is 0.240 e. The van der Waals surface area contributed by atoms with Gasteiger partial charge >= 0.3 is 0 Å². The van der Waals surface area contributed by atoms with Crippen molar-refractivity contribution in [2.75, 3.05) is 5.32 Å². The second-order valence-electron chi connectivity index (χ2n) is 4.90. The summed E-state index contributed by atoms with van der Waals surface area (Å²) in [6.07, 6.45) is 1.49. The number of carbonyl (C=O) groups excluding carboxylic acids is 2. The molecule has 0 radical (unpaired) electrons. The van der Waals surface area contributed by atoms with Gasteiger partial charge in [0, 0.05) is 22.1 Å². The SMILES string of the molecule is O=C(CCC(=O)Nc1ccc(I)cc1)N/N=C/c1ccc(F)cc1. The number of hydrazone groups is 1. The standard InChI is InChI=1S/C17H15FIN3O2/c18-13-3-1-12(2-4-13)11-20-22-17(24)10-9-16(23)21-15-7-5-14(19)6-8-15/h1-8,11H,9-10H2,(H,21,23)(H,22,24)/b20-11+. The van der Waals surface area contributed by atoms with Crippen molar-refractivity contribution in [1.82, 2.24) is 5.43 Å². The first-order valence-electron chi connectivity index (χ1n) is 7.16. The number of nitrogens with zero attached hydrogens (tertiary/aromatic N) is 1. The summed E-state index contributed by atoms with van der Waals surface area (Å²) >= 11 is 2.18. The van der Waals surface area contributed by atoms with Gasteiger partial charge in [-0.15, -0.1) is 0 Å². The highest BCUT2D eigenvalue weighted by Crippen LogP contribution is 2.11. The van der Waals surface area contributed by atoms with Crippen molar-refractivity contribution in [1.29, 1.82) is 0 Å². The molecule has 0 heterocycles. The third kappa shape index (κ3) is 6.45. The summed E-state index contributed by atoms with van der Waals surface area (Å²) in [6, 6.07) is 13.1. The Morgan fingerprint density at radius 2 is 1.62 bits per heavy atom. The van der Waals surface area contributed by atoms with E-state index in [2.05, 4.69) is 38.4 Å². The molecule has 124 valence electrons. The summed E-state index contributed by atoms with van der Waals surface area (Å²) in [4.78, 5) is 23.4. The minimum Gasteiger partial charge on any atom is -0.326 e. The van der Waals surface area contributed by atoms with Gasteiger partial charge in [-0.25, -0.2) is 9.82 Å². The van der Waals surface area contributed by atoms with Crippen LogP contribution in [0.15, 0.2) is 53.6 Å². The molecule has 0 aliphatic rings. The lowest BCUT2D eigenvalue weighted by Gasteiger charge is -2.04. The number of amides is 2. The Balaban J connectivity index is 1.71. The van der Waals surface area contributed by atoms with Crippen LogP contribution in [0.2, 0.25) is 0 Å². The Morgan fingerprint density at radius 3 is 2.29 bits per heavy atom. The Kier molecular flexibility index (Phi) is 6.86. The van der Waals surface area contributed by atoms with Crippen LogP contribution in [0.4, 0.5) is 10.1 Å². The number of anilines is 1. The first kappa shape index (κ1) is 18.1. The molecule has 2 aromatic rings. The molecule has 0 aliphatic carbocycles. The van der Waals surface area contributed by atoms with Gasteiger partial charge in [0.2, 0.25) is 11.8 Å². The topological polar surface area (TPSA) is 70.6 Å². The normalized spacial score (nSPS) is 10.6. The second kappa shape index (κ2) is 9.11. The van der Waals surface area contributed by atoms with Crippen LogP contribution in [0.25, 0.3) is 0 Å². The third-order valence-corrected chi connectivity index (χ3v) is 3.70. The van der Waals surface area contributed by atoms with E-state index in [0.29, 0.717) is 11.3 Å². The number of halogens is 2. The zero-order chi connectivity index (χ0) is 17.4. The van der Waals surface area contributed by atoms with Crippen LogP contribution in [0.5, 0.6) is 0 Å². The van der Waals surface area contributed by atoms with Gasteiger partial charge in [-0.2, -0.15) is 5.10 Å². The Morgan fingerprint density at radius 1 is 1.00 bits per heavy atom. The van der Waals surface area contributed by atoms with Crippen LogP contribution in [-0.4, -0.2) is 18.0 Å². The van der Waals surface area contributed by atoms with Gasteiger partial charge in [0.1, 0.15) is 5.82 Å². The molecule has 0 fully saturated rings. The largest absolute Gasteiger partial charge is 0.326 e. The molecule has 0 saturated carbocycles. The Bertz CT molecular complexity index is 731. The van der Waals surface area contributed by atoms with Crippen LogP contribution in [-0.2, 0) is 9.59 Å². The zero-order valence-corrected chi connectivity index (χ0v) is 14.8. The van der Waals surface area contributed by atoms with Crippen molar-refractivity contribution in [3.63, 3.8) is 0 Å². The van der Waals surface area contributed by atoms with Gasteiger partial charge < -0.3 is 5.32 Å². The number of carbonyl (C=O) groups is 2. The average molecular weight is 439 g/mol. The quantitative estimate of drug-likeness (QED) is 0.412. The second-order valence-corrected chi connectivity index (χ2v) is 6.15. The summed E-state index contributed by atoms with van der Waals surface area (Å²) in [5.74, 6) is -0.949. The predicted octanol–water partition coefficient (Wildman–Crippen LogP) is 3.30. The van der Waals surface area contributed by atoms with E-state index in [0.717, 1.165) is 3.57 Å². The van der Waals surface area contributed by atoms with Crippen molar-refractivity contribution in [2.45, 2.75) is 12.8 Å². The fourth-order valence-corrected chi connectivity index (χ4v) is 2.13. The molecule has 5 nitrogen and oxygen atoms in total. The molecule has 0 unspecified atom stereocenters. The minimum absolute atomic E-state index is 0.0248. The molecule has 0 saturated heterocycles. The lowest BCUT2D eigenvalue weighted by molar-refractivity contribution is -0.124. The Labute approximate surface area is 152 Å². The van der Waals surface area contributed by atoms with Gasteiger partial charge in [-0.1, -0.05) is 12.1 Å². The average Bonchev–Trinajstić information content (AvgIpc) is 2.57. The van der Waals surface area contributed by atoms with Crippen LogP contribution in [0, 0.1) is 9.39 Å². The van der Waals surface area contributed by atoms with Crippen LogP contribution in [0.1, 0.15) is 18.4 Å². The fraction of sp³-hybridized carbons (Fsp3) is 0.118. The first-order valence-corrected chi connectivity index (χ1v) is 8.24. The van der Waals surface area contributed by atoms with Crippen LogP contribution < -0.4 is 10.7 Å². The van der Waals surface area contributed by atoms with Gasteiger partial charge in [0.25, 0.3) is 0 Å². The minimum atomic E-state index is -0.369. The fourth-order valence-electron chi connectivity index (χ4n) is 1.77. The summed E-state index contributed by atoms with van der Waals surface area (Å²) in [5.41, 5.74) is 3.68. The Hall–Kier alpha value is -2.29. The van der Waals surface area contributed by atoms with E-state index < -0.39 is 0 Å².